The van der Waals surface area contributed by atoms with E-state index in [9.17, 15) is 9.59 Å². The number of nitrogens with one attached hydrogen (secondary N) is 1. The average Bonchev–Trinajstić information content (AvgIpc) is 2.66. The summed E-state index contributed by atoms with van der Waals surface area (Å²) >= 11 is 9.38. The van der Waals surface area contributed by atoms with E-state index < -0.39 is 0 Å². The third kappa shape index (κ3) is 4.56. The minimum absolute atomic E-state index is 0.00265. The molecule has 0 aliphatic carbocycles. The minimum Gasteiger partial charge on any atom is -0.368 e. The van der Waals surface area contributed by atoms with E-state index in [4.69, 9.17) is 11.6 Å². The zero-order valence-corrected chi connectivity index (χ0v) is 16.5. The van der Waals surface area contributed by atoms with Crippen molar-refractivity contribution in [2.24, 2.45) is 0 Å². The van der Waals surface area contributed by atoms with E-state index in [2.05, 4.69) is 26.1 Å². The van der Waals surface area contributed by atoms with Crippen LogP contribution in [0.15, 0.2) is 53.0 Å². The zero-order valence-electron chi connectivity index (χ0n) is 14.1. The van der Waals surface area contributed by atoms with Crippen LogP contribution in [0.4, 0.5) is 5.69 Å². The van der Waals surface area contributed by atoms with E-state index in [1.807, 2.05) is 30.3 Å². The lowest BCUT2D eigenvalue weighted by Gasteiger charge is -2.36. The summed E-state index contributed by atoms with van der Waals surface area (Å²) in [7, 11) is 0. The van der Waals surface area contributed by atoms with E-state index in [1.165, 1.54) is 0 Å². The smallest absolute Gasteiger partial charge is 0.252 e. The van der Waals surface area contributed by atoms with Gasteiger partial charge in [-0.05, 0) is 46.3 Å². The van der Waals surface area contributed by atoms with Crippen molar-refractivity contribution in [3.63, 3.8) is 0 Å². The fourth-order valence-corrected chi connectivity index (χ4v) is 3.54. The van der Waals surface area contributed by atoms with Crippen LogP contribution in [0.5, 0.6) is 0 Å². The Morgan fingerprint density at radius 1 is 1.04 bits per heavy atom. The van der Waals surface area contributed by atoms with Gasteiger partial charge in [0.1, 0.15) is 0 Å². The summed E-state index contributed by atoms with van der Waals surface area (Å²) in [6.07, 6.45) is 0. The van der Waals surface area contributed by atoms with Gasteiger partial charge in [0.05, 0.1) is 12.1 Å². The molecule has 1 saturated heterocycles. The van der Waals surface area contributed by atoms with Crippen LogP contribution < -0.4 is 10.2 Å². The van der Waals surface area contributed by atoms with Crippen molar-refractivity contribution in [3.8, 4) is 0 Å². The first-order valence-corrected chi connectivity index (χ1v) is 9.53. The highest BCUT2D eigenvalue weighted by atomic mass is 79.9. The van der Waals surface area contributed by atoms with Crippen molar-refractivity contribution < 1.29 is 9.59 Å². The first-order chi connectivity index (χ1) is 12.5. The molecule has 1 fully saturated rings. The second-order valence-electron chi connectivity index (χ2n) is 6.01. The van der Waals surface area contributed by atoms with Crippen LogP contribution in [-0.4, -0.2) is 49.4 Å². The van der Waals surface area contributed by atoms with Crippen molar-refractivity contribution in [1.82, 2.24) is 10.2 Å². The van der Waals surface area contributed by atoms with Gasteiger partial charge in [-0.1, -0.05) is 29.8 Å². The molecule has 2 aromatic rings. The van der Waals surface area contributed by atoms with Crippen LogP contribution in [0.1, 0.15) is 10.4 Å². The normalized spacial score (nSPS) is 14.2. The van der Waals surface area contributed by atoms with Gasteiger partial charge in [0.15, 0.2) is 0 Å². The van der Waals surface area contributed by atoms with E-state index in [0.717, 1.165) is 18.8 Å². The maximum absolute atomic E-state index is 12.4. The van der Waals surface area contributed by atoms with Crippen molar-refractivity contribution >= 4 is 45.0 Å². The molecule has 5 nitrogen and oxygen atoms in total. The first kappa shape index (κ1) is 18.7. The number of carbonyl (C=O) groups excluding carboxylic acids is 2. The first-order valence-electron chi connectivity index (χ1n) is 8.35. The molecule has 1 N–H and O–H groups in total. The Labute approximate surface area is 166 Å². The Morgan fingerprint density at radius 2 is 1.77 bits per heavy atom. The predicted molar refractivity (Wildman–Crippen MR) is 107 cm³/mol. The van der Waals surface area contributed by atoms with Crippen molar-refractivity contribution in [2.45, 2.75) is 0 Å². The lowest BCUT2D eigenvalue weighted by atomic mass is 10.2. The van der Waals surface area contributed by atoms with Crippen LogP contribution in [0.3, 0.4) is 0 Å². The Hall–Kier alpha value is -2.05. The molecule has 26 heavy (non-hydrogen) atoms. The highest BCUT2D eigenvalue weighted by Crippen LogP contribution is 2.21. The number of hydrogen-bond donors (Lipinski definition) is 1. The van der Waals surface area contributed by atoms with Crippen molar-refractivity contribution in [1.29, 1.82) is 0 Å². The van der Waals surface area contributed by atoms with Gasteiger partial charge in [0, 0.05) is 41.4 Å². The van der Waals surface area contributed by atoms with Crippen LogP contribution in [-0.2, 0) is 4.79 Å². The van der Waals surface area contributed by atoms with Gasteiger partial charge < -0.3 is 15.1 Å². The molecule has 3 rings (SSSR count). The molecule has 0 saturated carbocycles. The molecule has 0 unspecified atom stereocenters. The highest BCUT2D eigenvalue weighted by Gasteiger charge is 2.22. The molecule has 2 aromatic carbocycles. The SMILES string of the molecule is O=C(NCC(=O)N1CCN(c2cccc(Cl)c2)CC1)c1ccccc1Br. The number of nitrogens with zero attached hydrogens (tertiary/aromatic N) is 2. The fourth-order valence-electron chi connectivity index (χ4n) is 2.90. The summed E-state index contributed by atoms with van der Waals surface area (Å²) in [5.41, 5.74) is 1.58. The molecular weight excluding hydrogens is 418 g/mol. The number of benzene rings is 2. The number of halogens is 2. The number of amides is 2. The maximum Gasteiger partial charge on any atom is 0.252 e. The molecule has 0 radical (unpaired) electrons. The maximum atomic E-state index is 12.4. The molecule has 136 valence electrons. The summed E-state index contributed by atoms with van der Waals surface area (Å²) in [6.45, 7) is 2.72. The highest BCUT2D eigenvalue weighted by molar-refractivity contribution is 9.10. The van der Waals surface area contributed by atoms with E-state index in [-0.39, 0.29) is 18.4 Å². The summed E-state index contributed by atoms with van der Waals surface area (Å²) in [5, 5.41) is 3.40. The average molecular weight is 437 g/mol. The standard InChI is InChI=1S/C19H19BrClN3O2/c20-17-7-2-1-6-16(17)19(26)22-13-18(25)24-10-8-23(9-11-24)15-5-3-4-14(21)12-15/h1-7,12H,8-11,13H2,(H,22,26). The summed E-state index contributed by atoms with van der Waals surface area (Å²) in [6, 6.07) is 14.9. The Bertz CT molecular complexity index is 807. The second kappa shape index (κ2) is 8.56. The minimum atomic E-state index is -0.261. The molecule has 2 amide bonds. The van der Waals surface area contributed by atoms with E-state index in [0.29, 0.717) is 28.1 Å². The van der Waals surface area contributed by atoms with E-state index >= 15 is 0 Å². The second-order valence-corrected chi connectivity index (χ2v) is 7.30. The van der Waals surface area contributed by atoms with Crippen LogP contribution >= 0.6 is 27.5 Å². The lowest BCUT2D eigenvalue weighted by Crippen LogP contribution is -2.51. The lowest BCUT2D eigenvalue weighted by molar-refractivity contribution is -0.130. The Morgan fingerprint density at radius 3 is 2.46 bits per heavy atom. The fraction of sp³-hybridized carbons (Fsp3) is 0.263. The van der Waals surface area contributed by atoms with Crippen molar-refractivity contribution in [2.75, 3.05) is 37.6 Å². The molecule has 1 heterocycles. The summed E-state index contributed by atoms with van der Waals surface area (Å²) in [4.78, 5) is 28.5. The largest absolute Gasteiger partial charge is 0.368 e. The van der Waals surface area contributed by atoms with Gasteiger partial charge in [-0.25, -0.2) is 0 Å². The molecule has 0 bridgehead atoms. The number of carbonyl (C=O) groups is 2. The molecule has 1 aliphatic rings. The predicted octanol–water partition coefficient (Wildman–Crippen LogP) is 3.18. The summed E-state index contributed by atoms with van der Waals surface area (Å²) < 4.78 is 0.708. The molecular formula is C19H19BrClN3O2. The zero-order chi connectivity index (χ0) is 18.5. The van der Waals surface area contributed by atoms with Crippen LogP contribution in [0.2, 0.25) is 5.02 Å². The molecule has 0 aromatic heterocycles. The number of rotatable bonds is 4. The quantitative estimate of drug-likeness (QED) is 0.801. The van der Waals surface area contributed by atoms with Gasteiger partial charge in [-0.15, -0.1) is 0 Å². The molecule has 1 aliphatic heterocycles. The third-order valence-corrected chi connectivity index (χ3v) is 5.25. The summed E-state index contributed by atoms with van der Waals surface area (Å²) in [5.74, 6) is -0.334. The molecule has 7 heteroatoms. The van der Waals surface area contributed by atoms with Gasteiger partial charge in [-0.3, -0.25) is 9.59 Å². The Balaban J connectivity index is 1.49. The van der Waals surface area contributed by atoms with Crippen LogP contribution in [0.25, 0.3) is 0 Å². The third-order valence-electron chi connectivity index (χ3n) is 4.32. The van der Waals surface area contributed by atoms with Gasteiger partial charge in [0.25, 0.3) is 5.91 Å². The Kier molecular flexibility index (Phi) is 6.16. The van der Waals surface area contributed by atoms with Gasteiger partial charge >= 0.3 is 0 Å². The van der Waals surface area contributed by atoms with Gasteiger partial charge in [0.2, 0.25) is 5.91 Å². The van der Waals surface area contributed by atoms with Gasteiger partial charge in [-0.2, -0.15) is 0 Å². The van der Waals surface area contributed by atoms with E-state index in [1.54, 1.807) is 23.1 Å². The van der Waals surface area contributed by atoms with Crippen LogP contribution in [0, 0.1) is 0 Å². The molecule has 0 atom stereocenters. The van der Waals surface area contributed by atoms with Crippen molar-refractivity contribution in [3.05, 3.63) is 63.6 Å². The topological polar surface area (TPSA) is 52.7 Å². The number of anilines is 1. The number of hydrogen-bond acceptors (Lipinski definition) is 3. The number of piperazine rings is 1. The molecule has 0 spiro atoms. The monoisotopic (exact) mass is 435 g/mol.